The van der Waals surface area contributed by atoms with E-state index < -0.39 is 5.91 Å². The van der Waals surface area contributed by atoms with Crippen LogP contribution >= 0.6 is 23.2 Å². The molecule has 0 saturated heterocycles. The minimum absolute atomic E-state index is 0.149. The molecule has 1 heterocycles. The summed E-state index contributed by atoms with van der Waals surface area (Å²) in [7, 11) is 0. The number of aromatic nitrogens is 2. The van der Waals surface area contributed by atoms with Gasteiger partial charge in [-0.2, -0.15) is 5.10 Å². The first-order valence-electron chi connectivity index (χ1n) is 7.73. The summed E-state index contributed by atoms with van der Waals surface area (Å²) in [5.74, 6) is -0.174. The Labute approximate surface area is 149 Å². The van der Waals surface area contributed by atoms with E-state index in [-0.39, 0.29) is 12.1 Å². The Morgan fingerprint density at radius 1 is 1.25 bits per heavy atom. The fourth-order valence-corrected chi connectivity index (χ4v) is 3.18. The number of amides is 1. The standard InChI is InChI=1S/C16H18Cl2N4O2/c17-13-6-1-9(7-14(13)18)20-16-12(15(19)24)8-22(21-16)10-2-4-11(23)5-3-10/h1,6-8,10-11,23H,2-5H2,(H2,19,24)(H,20,21). The maximum absolute atomic E-state index is 11.7. The molecule has 0 atom stereocenters. The fraction of sp³-hybridized carbons (Fsp3) is 0.375. The van der Waals surface area contributed by atoms with Crippen LogP contribution in [0.5, 0.6) is 0 Å². The summed E-state index contributed by atoms with van der Waals surface area (Å²) in [4.78, 5) is 11.7. The van der Waals surface area contributed by atoms with Crippen LogP contribution in [0.1, 0.15) is 42.1 Å². The summed E-state index contributed by atoms with van der Waals surface area (Å²) >= 11 is 11.9. The number of nitrogens with two attached hydrogens (primary N) is 1. The Kier molecular flexibility index (Phi) is 4.99. The van der Waals surface area contributed by atoms with Gasteiger partial charge in [0.1, 0.15) is 5.56 Å². The van der Waals surface area contributed by atoms with E-state index in [9.17, 15) is 9.90 Å². The number of aliphatic hydroxyl groups excluding tert-OH is 1. The molecule has 0 bridgehead atoms. The van der Waals surface area contributed by atoms with E-state index in [0.717, 1.165) is 25.7 Å². The summed E-state index contributed by atoms with van der Waals surface area (Å²) in [5.41, 5.74) is 6.44. The highest BCUT2D eigenvalue weighted by molar-refractivity contribution is 6.42. The number of benzene rings is 1. The lowest BCUT2D eigenvalue weighted by Gasteiger charge is -2.25. The molecule has 1 saturated carbocycles. The number of carbonyl (C=O) groups is 1. The highest BCUT2D eigenvalue weighted by Gasteiger charge is 2.24. The quantitative estimate of drug-likeness (QED) is 0.769. The number of nitrogens with zero attached hydrogens (tertiary/aromatic N) is 2. The van der Waals surface area contributed by atoms with Crippen molar-refractivity contribution < 1.29 is 9.90 Å². The van der Waals surface area contributed by atoms with Crippen molar-refractivity contribution in [3.05, 3.63) is 40.0 Å². The highest BCUT2D eigenvalue weighted by atomic mass is 35.5. The Morgan fingerprint density at radius 3 is 2.58 bits per heavy atom. The van der Waals surface area contributed by atoms with E-state index in [1.54, 1.807) is 29.1 Å². The number of nitrogens with one attached hydrogen (secondary N) is 1. The minimum atomic E-state index is -0.556. The lowest BCUT2D eigenvalue weighted by molar-refractivity contribution is 0.0998. The zero-order valence-electron chi connectivity index (χ0n) is 12.9. The van der Waals surface area contributed by atoms with Crippen molar-refractivity contribution in [3.8, 4) is 0 Å². The van der Waals surface area contributed by atoms with E-state index in [1.165, 1.54) is 0 Å². The van der Waals surface area contributed by atoms with Crippen molar-refractivity contribution in [3.63, 3.8) is 0 Å². The molecule has 1 aliphatic carbocycles. The van der Waals surface area contributed by atoms with Gasteiger partial charge in [-0.1, -0.05) is 23.2 Å². The van der Waals surface area contributed by atoms with Crippen molar-refractivity contribution in [2.45, 2.75) is 37.8 Å². The largest absolute Gasteiger partial charge is 0.393 e. The SMILES string of the molecule is NC(=O)c1cn(C2CCC(O)CC2)nc1Nc1ccc(Cl)c(Cl)c1. The number of primary amides is 1. The smallest absolute Gasteiger partial charge is 0.254 e. The van der Waals surface area contributed by atoms with Gasteiger partial charge in [-0.05, 0) is 43.9 Å². The van der Waals surface area contributed by atoms with E-state index >= 15 is 0 Å². The number of hydrogen-bond donors (Lipinski definition) is 3. The van der Waals surface area contributed by atoms with Gasteiger partial charge in [0.25, 0.3) is 5.91 Å². The molecule has 1 fully saturated rings. The maximum Gasteiger partial charge on any atom is 0.254 e. The molecule has 128 valence electrons. The Bertz CT molecular complexity index is 755. The number of carbonyl (C=O) groups excluding carboxylic acids is 1. The number of anilines is 2. The first kappa shape index (κ1) is 17.1. The first-order chi connectivity index (χ1) is 11.4. The van der Waals surface area contributed by atoms with Gasteiger partial charge in [0.05, 0.1) is 22.2 Å². The van der Waals surface area contributed by atoms with Crippen molar-refractivity contribution in [2.24, 2.45) is 5.73 Å². The third kappa shape index (κ3) is 3.66. The van der Waals surface area contributed by atoms with Crippen molar-refractivity contribution in [1.29, 1.82) is 0 Å². The summed E-state index contributed by atoms with van der Waals surface area (Å²) in [5, 5.41) is 18.0. The van der Waals surface area contributed by atoms with E-state index in [0.29, 0.717) is 27.1 Å². The molecule has 1 aromatic heterocycles. The average Bonchev–Trinajstić information content (AvgIpc) is 2.96. The second-order valence-corrected chi connectivity index (χ2v) is 6.77. The van der Waals surface area contributed by atoms with Crippen LogP contribution in [0.4, 0.5) is 11.5 Å². The van der Waals surface area contributed by atoms with Gasteiger partial charge >= 0.3 is 0 Å². The normalized spacial score (nSPS) is 20.8. The van der Waals surface area contributed by atoms with Gasteiger partial charge in [-0.25, -0.2) is 0 Å². The number of halogens is 2. The molecule has 3 rings (SSSR count). The molecule has 4 N–H and O–H groups in total. The first-order valence-corrected chi connectivity index (χ1v) is 8.48. The van der Waals surface area contributed by atoms with Gasteiger partial charge < -0.3 is 16.2 Å². The van der Waals surface area contributed by atoms with E-state index in [4.69, 9.17) is 28.9 Å². The molecule has 1 amide bonds. The van der Waals surface area contributed by atoms with Crippen molar-refractivity contribution in [2.75, 3.05) is 5.32 Å². The Hall–Kier alpha value is -1.76. The lowest BCUT2D eigenvalue weighted by Crippen LogP contribution is -2.21. The predicted octanol–water partition coefficient (Wildman–Crippen LogP) is 3.51. The van der Waals surface area contributed by atoms with Crippen LogP contribution in [0.25, 0.3) is 0 Å². The maximum atomic E-state index is 11.7. The van der Waals surface area contributed by atoms with Gasteiger partial charge in [0.2, 0.25) is 0 Å². The Balaban J connectivity index is 1.86. The van der Waals surface area contributed by atoms with Crippen molar-refractivity contribution >= 4 is 40.6 Å². The second kappa shape index (κ2) is 7.01. The number of hydrogen-bond acceptors (Lipinski definition) is 4. The molecule has 8 heteroatoms. The van der Waals surface area contributed by atoms with Gasteiger partial charge in [0, 0.05) is 11.9 Å². The minimum Gasteiger partial charge on any atom is -0.393 e. The third-order valence-corrected chi connectivity index (χ3v) is 4.96. The molecule has 6 nitrogen and oxygen atoms in total. The lowest BCUT2D eigenvalue weighted by atomic mass is 9.93. The van der Waals surface area contributed by atoms with Crippen LogP contribution < -0.4 is 11.1 Å². The van der Waals surface area contributed by atoms with Crippen molar-refractivity contribution in [1.82, 2.24) is 9.78 Å². The molecule has 1 aromatic carbocycles. The topological polar surface area (TPSA) is 93.2 Å². The fourth-order valence-electron chi connectivity index (χ4n) is 2.88. The van der Waals surface area contributed by atoms with Crippen LogP contribution in [0.15, 0.2) is 24.4 Å². The van der Waals surface area contributed by atoms with E-state index in [1.807, 2.05) is 0 Å². The van der Waals surface area contributed by atoms with Gasteiger partial charge in [-0.3, -0.25) is 9.48 Å². The number of aliphatic hydroxyl groups is 1. The van der Waals surface area contributed by atoms with Crippen LogP contribution in [0, 0.1) is 0 Å². The molecule has 0 radical (unpaired) electrons. The van der Waals surface area contributed by atoms with Crippen LogP contribution in [0.3, 0.4) is 0 Å². The Morgan fingerprint density at radius 2 is 1.96 bits per heavy atom. The van der Waals surface area contributed by atoms with Crippen LogP contribution in [-0.2, 0) is 0 Å². The molecule has 1 aliphatic rings. The molecule has 0 unspecified atom stereocenters. The summed E-state index contributed by atoms with van der Waals surface area (Å²) in [6.07, 6.45) is 4.49. The highest BCUT2D eigenvalue weighted by Crippen LogP contribution is 2.31. The predicted molar refractivity (Wildman–Crippen MR) is 94.0 cm³/mol. The van der Waals surface area contributed by atoms with Gasteiger partial charge in [-0.15, -0.1) is 0 Å². The molecule has 0 aliphatic heterocycles. The van der Waals surface area contributed by atoms with E-state index in [2.05, 4.69) is 10.4 Å². The molecule has 24 heavy (non-hydrogen) atoms. The zero-order chi connectivity index (χ0) is 17.3. The number of rotatable bonds is 4. The van der Waals surface area contributed by atoms with Gasteiger partial charge in [0.15, 0.2) is 5.82 Å². The summed E-state index contributed by atoms with van der Waals surface area (Å²) in [6, 6.07) is 5.21. The van der Waals surface area contributed by atoms with Crippen LogP contribution in [0.2, 0.25) is 10.0 Å². The zero-order valence-corrected chi connectivity index (χ0v) is 14.4. The molecule has 2 aromatic rings. The molecular weight excluding hydrogens is 351 g/mol. The van der Waals surface area contributed by atoms with Crippen LogP contribution in [-0.4, -0.2) is 26.9 Å². The summed E-state index contributed by atoms with van der Waals surface area (Å²) < 4.78 is 1.76. The molecule has 0 spiro atoms. The average molecular weight is 369 g/mol. The second-order valence-electron chi connectivity index (χ2n) is 5.95. The monoisotopic (exact) mass is 368 g/mol. The molecular formula is C16H18Cl2N4O2. The summed E-state index contributed by atoms with van der Waals surface area (Å²) in [6.45, 7) is 0. The third-order valence-electron chi connectivity index (χ3n) is 4.22.